The van der Waals surface area contributed by atoms with Crippen molar-refractivity contribution < 1.29 is 9.59 Å². The van der Waals surface area contributed by atoms with Crippen LogP contribution in [0.1, 0.15) is 17.5 Å². The van der Waals surface area contributed by atoms with Crippen molar-refractivity contribution in [1.82, 2.24) is 9.88 Å². The van der Waals surface area contributed by atoms with E-state index in [1.807, 2.05) is 30.5 Å². The summed E-state index contributed by atoms with van der Waals surface area (Å²) in [6.07, 6.45) is 0.449. The Morgan fingerprint density at radius 2 is 2.22 bits per heavy atom. The Balaban J connectivity index is 1.89. The molecular weight excluding hydrogens is 332 g/mol. The van der Waals surface area contributed by atoms with Crippen molar-refractivity contribution in [3.05, 3.63) is 33.5 Å². The van der Waals surface area contributed by atoms with Gasteiger partial charge in [0.1, 0.15) is 6.54 Å². The predicted octanol–water partition coefficient (Wildman–Crippen LogP) is 2.30. The zero-order valence-corrected chi connectivity index (χ0v) is 14.2. The van der Waals surface area contributed by atoms with Gasteiger partial charge in [-0.1, -0.05) is 6.07 Å². The van der Waals surface area contributed by atoms with Gasteiger partial charge in [-0.15, -0.1) is 22.7 Å². The van der Waals surface area contributed by atoms with Crippen molar-refractivity contribution >= 4 is 39.6 Å². The first-order valence-electron chi connectivity index (χ1n) is 7.03. The molecule has 120 valence electrons. The number of carbonyl (C=O) groups is 2. The van der Waals surface area contributed by atoms with Gasteiger partial charge < -0.3 is 10.2 Å². The van der Waals surface area contributed by atoms with E-state index in [0.29, 0.717) is 23.8 Å². The largest absolute Gasteiger partial charge is 0.329 e. The summed E-state index contributed by atoms with van der Waals surface area (Å²) in [6.45, 7) is 2.39. The Kier molecular flexibility index (Phi) is 6.26. The van der Waals surface area contributed by atoms with Crippen LogP contribution in [0.4, 0.5) is 5.13 Å². The molecule has 0 saturated carbocycles. The molecule has 0 bridgehead atoms. The van der Waals surface area contributed by atoms with Crippen LogP contribution in [0.15, 0.2) is 22.9 Å². The van der Waals surface area contributed by atoms with Crippen molar-refractivity contribution in [3.8, 4) is 6.07 Å². The zero-order chi connectivity index (χ0) is 16.7. The number of nitrogens with one attached hydrogen (secondary N) is 1. The molecule has 0 fully saturated rings. The van der Waals surface area contributed by atoms with E-state index in [1.54, 1.807) is 5.38 Å². The first kappa shape index (κ1) is 17.1. The van der Waals surface area contributed by atoms with Crippen LogP contribution in [-0.2, 0) is 22.4 Å². The van der Waals surface area contributed by atoms with Gasteiger partial charge in [-0.2, -0.15) is 5.26 Å². The Labute approximate surface area is 142 Å². The minimum atomic E-state index is -0.143. The second-order valence-corrected chi connectivity index (χ2v) is 6.58. The molecule has 0 unspecified atom stereocenters. The molecule has 1 N–H and O–H groups in total. The maximum atomic E-state index is 12.0. The molecule has 0 radical (unpaired) electrons. The average Bonchev–Trinajstić information content (AvgIpc) is 3.16. The summed E-state index contributed by atoms with van der Waals surface area (Å²) in [5.41, 5.74) is 0.600. The average molecular weight is 348 g/mol. The van der Waals surface area contributed by atoms with Crippen molar-refractivity contribution in [2.75, 3.05) is 18.4 Å². The number of hydrogen-bond donors (Lipinski definition) is 1. The highest BCUT2D eigenvalue weighted by Crippen LogP contribution is 2.17. The number of carbonyl (C=O) groups excluding carboxylic acids is 2. The molecule has 2 amide bonds. The summed E-state index contributed by atoms with van der Waals surface area (Å²) in [6, 6.07) is 5.78. The first-order chi connectivity index (χ1) is 11.1. The molecule has 0 saturated heterocycles. The van der Waals surface area contributed by atoms with Crippen LogP contribution in [0.25, 0.3) is 0 Å². The van der Waals surface area contributed by atoms with Crippen LogP contribution in [-0.4, -0.2) is 34.8 Å². The van der Waals surface area contributed by atoms with Gasteiger partial charge in [0.2, 0.25) is 11.8 Å². The third-order valence-electron chi connectivity index (χ3n) is 3.04. The standard InChI is InChI=1S/C15H16N4O2S2/c1-2-19(6-5-16)14(21)8-11-10-23-15(17-11)18-13(20)9-12-4-3-7-22-12/h3-4,7,10H,2,6,8-9H2,1H3,(H,17,18,20). The van der Waals surface area contributed by atoms with Gasteiger partial charge in [-0.3, -0.25) is 9.59 Å². The number of amides is 2. The second kappa shape index (κ2) is 8.41. The normalized spacial score (nSPS) is 10.1. The molecule has 0 aliphatic carbocycles. The fraction of sp³-hybridized carbons (Fsp3) is 0.333. The lowest BCUT2D eigenvalue weighted by Gasteiger charge is -2.16. The van der Waals surface area contributed by atoms with Crippen molar-refractivity contribution in [3.63, 3.8) is 0 Å². The van der Waals surface area contributed by atoms with Crippen LogP contribution < -0.4 is 5.32 Å². The van der Waals surface area contributed by atoms with E-state index in [-0.39, 0.29) is 24.8 Å². The third-order valence-corrected chi connectivity index (χ3v) is 4.72. The molecule has 2 rings (SSSR count). The summed E-state index contributed by atoms with van der Waals surface area (Å²) in [7, 11) is 0. The van der Waals surface area contributed by atoms with Crippen LogP contribution in [0.5, 0.6) is 0 Å². The van der Waals surface area contributed by atoms with Gasteiger partial charge in [-0.05, 0) is 18.4 Å². The van der Waals surface area contributed by atoms with E-state index in [4.69, 9.17) is 5.26 Å². The highest BCUT2D eigenvalue weighted by molar-refractivity contribution is 7.14. The summed E-state index contributed by atoms with van der Waals surface area (Å²) in [5, 5.41) is 15.6. The molecule has 0 spiro atoms. The third kappa shape index (κ3) is 5.16. The number of rotatable bonds is 7. The minimum absolute atomic E-state index is 0.0733. The van der Waals surface area contributed by atoms with E-state index in [1.165, 1.54) is 27.6 Å². The van der Waals surface area contributed by atoms with E-state index in [2.05, 4.69) is 10.3 Å². The summed E-state index contributed by atoms with van der Waals surface area (Å²) >= 11 is 2.82. The molecule has 0 aromatic carbocycles. The molecular formula is C15H16N4O2S2. The van der Waals surface area contributed by atoms with Gasteiger partial charge in [0.25, 0.3) is 0 Å². The maximum Gasteiger partial charge on any atom is 0.231 e. The molecule has 0 aliphatic heterocycles. The first-order valence-corrected chi connectivity index (χ1v) is 8.79. The smallest absolute Gasteiger partial charge is 0.231 e. The Morgan fingerprint density at radius 1 is 1.39 bits per heavy atom. The van der Waals surface area contributed by atoms with Crippen LogP contribution >= 0.6 is 22.7 Å². The molecule has 6 nitrogen and oxygen atoms in total. The zero-order valence-electron chi connectivity index (χ0n) is 12.6. The summed E-state index contributed by atoms with van der Waals surface area (Å²) in [5.74, 6) is -0.268. The van der Waals surface area contributed by atoms with E-state index >= 15 is 0 Å². The van der Waals surface area contributed by atoms with Crippen LogP contribution in [0.3, 0.4) is 0 Å². The van der Waals surface area contributed by atoms with Crippen molar-refractivity contribution in [2.24, 2.45) is 0 Å². The van der Waals surface area contributed by atoms with E-state index in [9.17, 15) is 9.59 Å². The molecule has 23 heavy (non-hydrogen) atoms. The van der Waals surface area contributed by atoms with Crippen molar-refractivity contribution in [2.45, 2.75) is 19.8 Å². The quantitative estimate of drug-likeness (QED) is 0.778. The van der Waals surface area contributed by atoms with Gasteiger partial charge in [0.15, 0.2) is 5.13 Å². The van der Waals surface area contributed by atoms with Crippen LogP contribution in [0, 0.1) is 11.3 Å². The SMILES string of the molecule is CCN(CC#N)C(=O)Cc1csc(NC(=O)Cc2cccs2)n1. The number of thiophene rings is 1. The molecule has 0 aliphatic rings. The fourth-order valence-corrected chi connectivity index (χ4v) is 3.34. The molecule has 0 atom stereocenters. The van der Waals surface area contributed by atoms with Gasteiger partial charge in [0.05, 0.1) is 24.6 Å². The highest BCUT2D eigenvalue weighted by atomic mass is 32.1. The number of likely N-dealkylation sites (N-methyl/N-ethyl adjacent to an activating group) is 1. The van der Waals surface area contributed by atoms with E-state index < -0.39 is 0 Å². The van der Waals surface area contributed by atoms with Crippen molar-refractivity contribution in [1.29, 1.82) is 5.26 Å². The summed E-state index contributed by atoms with van der Waals surface area (Å²) < 4.78 is 0. The Bertz CT molecular complexity index is 703. The summed E-state index contributed by atoms with van der Waals surface area (Å²) in [4.78, 5) is 30.6. The molecule has 2 heterocycles. The number of anilines is 1. The Morgan fingerprint density at radius 3 is 2.87 bits per heavy atom. The number of nitrogens with zero attached hydrogens (tertiary/aromatic N) is 3. The minimum Gasteiger partial charge on any atom is -0.329 e. The Hall–Kier alpha value is -2.24. The number of nitriles is 1. The topological polar surface area (TPSA) is 86.1 Å². The molecule has 2 aromatic heterocycles. The maximum absolute atomic E-state index is 12.0. The molecule has 8 heteroatoms. The molecule has 2 aromatic rings. The monoisotopic (exact) mass is 348 g/mol. The second-order valence-electron chi connectivity index (χ2n) is 4.69. The number of aromatic nitrogens is 1. The lowest BCUT2D eigenvalue weighted by molar-refractivity contribution is -0.129. The highest BCUT2D eigenvalue weighted by Gasteiger charge is 2.14. The number of thiazole rings is 1. The lowest BCUT2D eigenvalue weighted by Crippen LogP contribution is -2.32. The fourth-order valence-electron chi connectivity index (χ4n) is 1.91. The van der Waals surface area contributed by atoms with E-state index in [0.717, 1.165) is 4.88 Å². The van der Waals surface area contributed by atoms with Gasteiger partial charge in [0, 0.05) is 16.8 Å². The number of hydrogen-bond acceptors (Lipinski definition) is 6. The predicted molar refractivity (Wildman–Crippen MR) is 90.3 cm³/mol. The van der Waals surface area contributed by atoms with Gasteiger partial charge >= 0.3 is 0 Å². The van der Waals surface area contributed by atoms with Gasteiger partial charge in [-0.25, -0.2) is 4.98 Å². The lowest BCUT2D eigenvalue weighted by atomic mass is 10.3. The van der Waals surface area contributed by atoms with Crippen LogP contribution in [0.2, 0.25) is 0 Å².